The molecular weight excluding hydrogens is 222 g/mol. The molecule has 1 fully saturated rings. The molecule has 1 saturated heterocycles. The highest BCUT2D eigenvalue weighted by Crippen LogP contribution is 2.39. The maximum absolute atomic E-state index is 10.9. The van der Waals surface area contributed by atoms with E-state index in [1.807, 2.05) is 0 Å². The van der Waals surface area contributed by atoms with E-state index in [4.69, 9.17) is 4.74 Å². The Kier molecular flexibility index (Phi) is 2.25. The van der Waals surface area contributed by atoms with Crippen LogP contribution in [0.3, 0.4) is 0 Å². The van der Waals surface area contributed by atoms with Gasteiger partial charge in [-0.1, -0.05) is 6.08 Å². The van der Waals surface area contributed by atoms with Crippen molar-refractivity contribution in [2.24, 2.45) is 7.05 Å². The minimum Gasteiger partial charge on any atom is -0.369 e. The maximum atomic E-state index is 10.9. The summed E-state index contributed by atoms with van der Waals surface area (Å²) < 4.78 is 7.02. The number of aromatic nitrogens is 2. The van der Waals surface area contributed by atoms with Gasteiger partial charge in [-0.05, 0) is 24.8 Å². The van der Waals surface area contributed by atoms with Gasteiger partial charge in [-0.25, -0.2) is 0 Å². The predicted molar refractivity (Wildman–Crippen MR) is 60.4 cm³/mol. The lowest BCUT2D eigenvalue weighted by Crippen LogP contribution is -2.01. The fraction of sp³-hybridized carbons (Fsp3) is 0.545. The third-order valence-corrected chi connectivity index (χ3v) is 3.40. The van der Waals surface area contributed by atoms with Crippen LogP contribution in [0.15, 0.2) is 12.3 Å². The first-order valence-electron chi connectivity index (χ1n) is 5.68. The van der Waals surface area contributed by atoms with E-state index < -0.39 is 0 Å². The van der Waals surface area contributed by atoms with Crippen molar-refractivity contribution in [2.75, 3.05) is 0 Å². The molecule has 1 aromatic rings. The summed E-state index contributed by atoms with van der Waals surface area (Å²) in [5.41, 5.74) is 1.75. The van der Waals surface area contributed by atoms with Crippen LogP contribution in [-0.4, -0.2) is 26.9 Å². The van der Waals surface area contributed by atoms with E-state index in [2.05, 4.69) is 11.2 Å². The quantitative estimate of drug-likeness (QED) is 0.444. The molecule has 0 aromatic carbocycles. The average molecular weight is 235 g/mol. The molecule has 0 radical (unpaired) electrons. The standard InChI is InChI=1S/C11H13N3O3/c1-13-11(8(6-12-13)14(15)16)7-2-4-9-10(17-9)5-3-7/h2,6,9-10H,3-5H2,1H3/t9-,10+/m1/s1. The van der Waals surface area contributed by atoms with Crippen LogP contribution >= 0.6 is 0 Å². The monoisotopic (exact) mass is 235 g/mol. The molecule has 0 unspecified atom stereocenters. The normalized spacial score (nSPS) is 27.0. The number of ether oxygens (including phenoxy) is 1. The fourth-order valence-corrected chi connectivity index (χ4v) is 2.45. The van der Waals surface area contributed by atoms with Crippen LogP contribution in [-0.2, 0) is 11.8 Å². The predicted octanol–water partition coefficient (Wildman–Crippen LogP) is 1.66. The summed E-state index contributed by atoms with van der Waals surface area (Å²) in [5, 5.41) is 14.9. The Balaban J connectivity index is 1.97. The number of epoxide rings is 1. The SMILES string of the molecule is Cn1ncc([N+](=O)[O-])c1C1=CC[C@H]2O[C@H]2CC1. The van der Waals surface area contributed by atoms with E-state index in [9.17, 15) is 10.1 Å². The Morgan fingerprint density at radius 3 is 3.18 bits per heavy atom. The van der Waals surface area contributed by atoms with Crippen molar-refractivity contribution in [2.45, 2.75) is 31.5 Å². The second-order valence-corrected chi connectivity index (χ2v) is 4.48. The Morgan fingerprint density at radius 1 is 1.59 bits per heavy atom. The van der Waals surface area contributed by atoms with Gasteiger partial charge < -0.3 is 4.74 Å². The zero-order valence-electron chi connectivity index (χ0n) is 9.50. The van der Waals surface area contributed by atoms with Gasteiger partial charge in [0.05, 0.1) is 17.1 Å². The van der Waals surface area contributed by atoms with Gasteiger partial charge in [0.15, 0.2) is 0 Å². The Hall–Kier alpha value is -1.69. The second kappa shape index (κ2) is 3.66. The Bertz CT molecular complexity index is 506. The number of nitrogens with zero attached hydrogens (tertiary/aromatic N) is 3. The molecule has 3 rings (SSSR count). The van der Waals surface area contributed by atoms with Crippen molar-refractivity contribution in [3.63, 3.8) is 0 Å². The minimum atomic E-state index is -0.370. The van der Waals surface area contributed by atoms with E-state index in [1.54, 1.807) is 11.7 Å². The van der Waals surface area contributed by atoms with Crippen molar-refractivity contribution < 1.29 is 9.66 Å². The summed E-state index contributed by atoms with van der Waals surface area (Å²) in [7, 11) is 1.74. The van der Waals surface area contributed by atoms with Crippen LogP contribution in [0.4, 0.5) is 5.69 Å². The topological polar surface area (TPSA) is 73.5 Å². The number of hydrogen-bond acceptors (Lipinski definition) is 4. The highest BCUT2D eigenvalue weighted by molar-refractivity contribution is 5.70. The molecule has 2 atom stereocenters. The van der Waals surface area contributed by atoms with E-state index >= 15 is 0 Å². The van der Waals surface area contributed by atoms with Crippen molar-refractivity contribution in [3.05, 3.63) is 28.1 Å². The van der Waals surface area contributed by atoms with Gasteiger partial charge in [0, 0.05) is 7.05 Å². The van der Waals surface area contributed by atoms with E-state index in [1.165, 1.54) is 6.20 Å². The Morgan fingerprint density at radius 2 is 2.41 bits per heavy atom. The van der Waals surface area contributed by atoms with Gasteiger partial charge in [-0.15, -0.1) is 0 Å². The van der Waals surface area contributed by atoms with Gasteiger partial charge >= 0.3 is 5.69 Å². The van der Waals surface area contributed by atoms with Gasteiger partial charge in [0.25, 0.3) is 0 Å². The van der Waals surface area contributed by atoms with E-state index in [-0.39, 0.29) is 10.6 Å². The largest absolute Gasteiger partial charge is 0.369 e. The van der Waals surface area contributed by atoms with Crippen molar-refractivity contribution in [1.82, 2.24) is 9.78 Å². The van der Waals surface area contributed by atoms with Crippen LogP contribution in [0.5, 0.6) is 0 Å². The molecule has 1 aliphatic heterocycles. The first-order valence-corrected chi connectivity index (χ1v) is 5.68. The highest BCUT2D eigenvalue weighted by atomic mass is 16.6. The number of hydrogen-bond donors (Lipinski definition) is 0. The number of nitro groups is 1. The smallest absolute Gasteiger partial charge is 0.314 e. The lowest BCUT2D eigenvalue weighted by Gasteiger charge is -2.05. The van der Waals surface area contributed by atoms with Crippen LogP contribution in [0.1, 0.15) is 25.0 Å². The van der Waals surface area contributed by atoms with Gasteiger partial charge in [-0.3, -0.25) is 14.8 Å². The molecule has 90 valence electrons. The molecule has 17 heavy (non-hydrogen) atoms. The summed E-state index contributed by atoms with van der Waals surface area (Å²) in [5.74, 6) is 0. The molecular formula is C11H13N3O3. The summed E-state index contributed by atoms with van der Waals surface area (Å²) in [6, 6.07) is 0. The molecule has 1 aromatic heterocycles. The molecule has 1 aliphatic carbocycles. The third kappa shape index (κ3) is 1.74. The molecule has 0 saturated carbocycles. The third-order valence-electron chi connectivity index (χ3n) is 3.40. The first kappa shape index (κ1) is 10.5. The maximum Gasteiger partial charge on any atom is 0.314 e. The molecule has 0 amide bonds. The zero-order valence-corrected chi connectivity index (χ0v) is 9.50. The molecule has 6 heteroatoms. The average Bonchev–Trinajstić information content (AvgIpc) is 2.95. The number of allylic oxidation sites excluding steroid dienone is 1. The molecule has 2 heterocycles. The fourth-order valence-electron chi connectivity index (χ4n) is 2.45. The van der Waals surface area contributed by atoms with Gasteiger partial charge in [0.1, 0.15) is 11.9 Å². The molecule has 6 nitrogen and oxygen atoms in total. The molecule has 0 bridgehead atoms. The number of rotatable bonds is 2. The van der Waals surface area contributed by atoms with Crippen LogP contribution in [0.25, 0.3) is 5.57 Å². The van der Waals surface area contributed by atoms with Crippen LogP contribution in [0.2, 0.25) is 0 Å². The molecule has 2 aliphatic rings. The highest BCUT2D eigenvalue weighted by Gasteiger charge is 2.39. The summed E-state index contributed by atoms with van der Waals surface area (Å²) in [4.78, 5) is 10.6. The van der Waals surface area contributed by atoms with Crippen molar-refractivity contribution >= 4 is 11.3 Å². The minimum absolute atomic E-state index is 0.0928. The lowest BCUT2D eigenvalue weighted by atomic mass is 10.1. The summed E-state index contributed by atoms with van der Waals surface area (Å²) in [6.45, 7) is 0. The lowest BCUT2D eigenvalue weighted by molar-refractivity contribution is -0.385. The second-order valence-electron chi connectivity index (χ2n) is 4.48. The number of fused-ring (bicyclic) bond motifs is 1. The Labute approximate surface area is 98.0 Å². The first-order chi connectivity index (χ1) is 8.16. The van der Waals surface area contributed by atoms with Gasteiger partial charge in [-0.2, -0.15) is 5.10 Å². The van der Waals surface area contributed by atoms with Crippen molar-refractivity contribution in [3.8, 4) is 0 Å². The van der Waals surface area contributed by atoms with Crippen LogP contribution < -0.4 is 0 Å². The van der Waals surface area contributed by atoms with Crippen LogP contribution in [0, 0.1) is 10.1 Å². The molecule has 0 spiro atoms. The summed E-state index contributed by atoms with van der Waals surface area (Å²) >= 11 is 0. The zero-order chi connectivity index (χ0) is 12.0. The van der Waals surface area contributed by atoms with E-state index in [0.717, 1.165) is 24.8 Å². The van der Waals surface area contributed by atoms with Gasteiger partial charge in [0.2, 0.25) is 0 Å². The number of aryl methyl sites for hydroxylation is 1. The van der Waals surface area contributed by atoms with E-state index in [0.29, 0.717) is 17.9 Å². The van der Waals surface area contributed by atoms with Crippen molar-refractivity contribution in [1.29, 1.82) is 0 Å². The molecule has 0 N–H and O–H groups in total. The summed E-state index contributed by atoms with van der Waals surface area (Å²) in [6.07, 6.45) is 6.68.